The molecule has 0 spiro atoms. The van der Waals surface area contributed by atoms with Gasteiger partial charge in [0.15, 0.2) is 5.69 Å². The van der Waals surface area contributed by atoms with Crippen LogP contribution in [-0.4, -0.2) is 42.4 Å². The van der Waals surface area contributed by atoms with Gasteiger partial charge in [0.2, 0.25) is 5.82 Å². The Labute approximate surface area is 154 Å². The van der Waals surface area contributed by atoms with Crippen molar-refractivity contribution in [3.8, 4) is 11.8 Å². The maximum absolute atomic E-state index is 12.0. The largest absolute Gasteiger partial charge is 0.360 e. The van der Waals surface area contributed by atoms with Crippen LogP contribution in [0.3, 0.4) is 0 Å². The Bertz CT molecular complexity index is 978. The summed E-state index contributed by atoms with van der Waals surface area (Å²) in [6, 6.07) is 11.0. The number of hydrogen-bond donors (Lipinski definition) is 3. The quantitative estimate of drug-likeness (QED) is 0.564. The molecule has 1 aromatic carbocycles. The monoisotopic (exact) mass is 363 g/mol. The fraction of sp³-hybridized carbons (Fsp3) is 0.176. The summed E-state index contributed by atoms with van der Waals surface area (Å²) in [6.07, 6.45) is 3.23. The maximum atomic E-state index is 12.0. The van der Waals surface area contributed by atoms with Gasteiger partial charge in [-0.3, -0.25) is 4.79 Å². The van der Waals surface area contributed by atoms with Crippen molar-refractivity contribution >= 4 is 17.2 Å². The lowest BCUT2D eigenvalue weighted by Crippen LogP contribution is -2.30. The third kappa shape index (κ3) is 4.35. The summed E-state index contributed by atoms with van der Waals surface area (Å²) in [5.41, 5.74) is 2.17. The normalized spacial score (nSPS) is 11.3. The van der Waals surface area contributed by atoms with Gasteiger partial charge in [-0.15, -0.1) is 10.2 Å². The van der Waals surface area contributed by atoms with Gasteiger partial charge in [0.25, 0.3) is 5.91 Å². The SMILES string of the molecule is CC(C)NC(=O)c1ccn(-c2ccc(NC=C(C#N)c3nn[nH]n3)cc2)n1. The predicted molar refractivity (Wildman–Crippen MR) is 97.6 cm³/mol. The van der Waals surface area contributed by atoms with Gasteiger partial charge in [-0.1, -0.05) is 0 Å². The van der Waals surface area contributed by atoms with E-state index < -0.39 is 0 Å². The van der Waals surface area contributed by atoms with Crippen molar-refractivity contribution in [1.82, 2.24) is 35.7 Å². The van der Waals surface area contributed by atoms with Crippen LogP contribution in [0, 0.1) is 11.3 Å². The van der Waals surface area contributed by atoms with Gasteiger partial charge in [0.05, 0.1) is 5.69 Å². The van der Waals surface area contributed by atoms with Crippen LogP contribution in [0.5, 0.6) is 0 Å². The minimum absolute atomic E-state index is 0.0480. The molecule has 0 bridgehead atoms. The van der Waals surface area contributed by atoms with Gasteiger partial charge in [0.1, 0.15) is 11.6 Å². The Kier molecular flexibility index (Phi) is 5.22. The summed E-state index contributed by atoms with van der Waals surface area (Å²) in [5.74, 6) is 0.00281. The second kappa shape index (κ2) is 7.92. The van der Waals surface area contributed by atoms with Crippen molar-refractivity contribution in [3.05, 3.63) is 54.2 Å². The van der Waals surface area contributed by atoms with E-state index in [0.29, 0.717) is 5.69 Å². The molecule has 0 saturated carbocycles. The van der Waals surface area contributed by atoms with E-state index in [2.05, 4.69) is 36.4 Å². The predicted octanol–water partition coefficient (Wildman–Crippen LogP) is 1.50. The first-order chi connectivity index (χ1) is 13.1. The molecule has 0 aliphatic rings. The number of carbonyl (C=O) groups is 1. The summed E-state index contributed by atoms with van der Waals surface area (Å²) in [6.45, 7) is 3.79. The Morgan fingerprint density at radius 3 is 2.70 bits per heavy atom. The van der Waals surface area contributed by atoms with E-state index in [-0.39, 0.29) is 23.3 Å². The number of benzene rings is 1. The van der Waals surface area contributed by atoms with Crippen LogP contribution >= 0.6 is 0 Å². The number of hydrogen-bond acceptors (Lipinski definition) is 7. The van der Waals surface area contributed by atoms with Crippen molar-refractivity contribution in [3.63, 3.8) is 0 Å². The van der Waals surface area contributed by atoms with Crippen LogP contribution in [0.15, 0.2) is 42.7 Å². The lowest BCUT2D eigenvalue weighted by Gasteiger charge is -2.06. The fourth-order valence-electron chi connectivity index (χ4n) is 2.21. The van der Waals surface area contributed by atoms with Gasteiger partial charge in [0, 0.05) is 24.1 Å². The molecule has 2 heterocycles. The lowest BCUT2D eigenvalue weighted by atomic mass is 10.2. The molecular formula is C17H17N9O. The van der Waals surface area contributed by atoms with Gasteiger partial charge in [-0.25, -0.2) is 4.68 Å². The average Bonchev–Trinajstić information content (AvgIpc) is 3.34. The standard InChI is InChI=1S/C17H17N9O/c1-11(2)20-17(27)15-7-8-26(23-15)14-5-3-13(4-6-14)19-10-12(9-18)16-21-24-25-22-16/h3-8,10-11,19H,1-2H3,(H,20,27)(H,21,22,24,25). The molecule has 136 valence electrons. The number of aromatic amines is 1. The fourth-order valence-corrected chi connectivity index (χ4v) is 2.21. The molecule has 0 radical (unpaired) electrons. The van der Waals surface area contributed by atoms with Crippen LogP contribution in [0.25, 0.3) is 11.3 Å². The highest BCUT2D eigenvalue weighted by Crippen LogP contribution is 2.15. The van der Waals surface area contributed by atoms with Crippen molar-refractivity contribution in [1.29, 1.82) is 5.26 Å². The molecule has 0 aliphatic carbocycles. The van der Waals surface area contributed by atoms with Crippen molar-refractivity contribution < 1.29 is 4.79 Å². The zero-order valence-corrected chi connectivity index (χ0v) is 14.7. The van der Waals surface area contributed by atoms with Gasteiger partial charge < -0.3 is 10.6 Å². The highest BCUT2D eigenvalue weighted by molar-refractivity contribution is 5.92. The average molecular weight is 363 g/mol. The smallest absolute Gasteiger partial charge is 0.271 e. The summed E-state index contributed by atoms with van der Waals surface area (Å²) in [7, 11) is 0. The Hall–Kier alpha value is -4.00. The zero-order chi connectivity index (χ0) is 19.2. The Morgan fingerprint density at radius 1 is 1.30 bits per heavy atom. The second-order valence-electron chi connectivity index (χ2n) is 5.87. The molecule has 27 heavy (non-hydrogen) atoms. The Balaban J connectivity index is 1.70. The van der Waals surface area contributed by atoms with Gasteiger partial charge >= 0.3 is 0 Å². The first-order valence-electron chi connectivity index (χ1n) is 8.14. The number of tetrazole rings is 1. The molecule has 0 aliphatic heterocycles. The molecule has 0 saturated heterocycles. The number of nitrogens with one attached hydrogen (secondary N) is 3. The number of carbonyl (C=O) groups excluding carboxylic acids is 1. The number of H-pyrrole nitrogens is 1. The number of nitriles is 1. The molecule has 3 aromatic rings. The number of rotatable bonds is 6. The highest BCUT2D eigenvalue weighted by atomic mass is 16.2. The van der Waals surface area contributed by atoms with Crippen LogP contribution in [0.1, 0.15) is 30.2 Å². The number of nitrogens with zero attached hydrogens (tertiary/aromatic N) is 6. The molecular weight excluding hydrogens is 346 g/mol. The van der Waals surface area contributed by atoms with Gasteiger partial charge in [-0.2, -0.15) is 15.6 Å². The van der Waals surface area contributed by atoms with Crippen molar-refractivity contribution in [2.45, 2.75) is 19.9 Å². The van der Waals surface area contributed by atoms with Crippen molar-refractivity contribution in [2.75, 3.05) is 5.32 Å². The third-order valence-corrected chi connectivity index (χ3v) is 3.46. The zero-order valence-electron chi connectivity index (χ0n) is 14.7. The molecule has 3 N–H and O–H groups in total. The number of amides is 1. The number of anilines is 1. The van der Waals surface area contributed by atoms with E-state index in [9.17, 15) is 4.79 Å². The van der Waals surface area contributed by atoms with E-state index in [1.165, 1.54) is 6.20 Å². The van der Waals surface area contributed by atoms with E-state index >= 15 is 0 Å². The van der Waals surface area contributed by atoms with E-state index in [1.807, 2.05) is 44.2 Å². The summed E-state index contributed by atoms with van der Waals surface area (Å²) in [4.78, 5) is 12.0. The molecule has 0 fully saturated rings. The van der Waals surface area contributed by atoms with Crippen molar-refractivity contribution in [2.24, 2.45) is 0 Å². The van der Waals surface area contributed by atoms with E-state index in [1.54, 1.807) is 16.9 Å². The van der Waals surface area contributed by atoms with Crippen LogP contribution < -0.4 is 10.6 Å². The first-order valence-corrected chi connectivity index (χ1v) is 8.14. The molecule has 2 aromatic heterocycles. The first kappa shape index (κ1) is 17.8. The second-order valence-corrected chi connectivity index (χ2v) is 5.87. The number of aromatic nitrogens is 6. The van der Waals surface area contributed by atoms with Crippen LogP contribution in [0.2, 0.25) is 0 Å². The number of allylic oxidation sites excluding steroid dienone is 1. The summed E-state index contributed by atoms with van der Waals surface area (Å²) < 4.78 is 1.62. The van der Waals surface area contributed by atoms with E-state index in [0.717, 1.165) is 11.4 Å². The minimum Gasteiger partial charge on any atom is -0.360 e. The molecule has 10 heteroatoms. The third-order valence-electron chi connectivity index (χ3n) is 3.46. The molecule has 3 rings (SSSR count). The van der Waals surface area contributed by atoms with Crippen LogP contribution in [0.4, 0.5) is 5.69 Å². The summed E-state index contributed by atoms with van der Waals surface area (Å²) >= 11 is 0. The van der Waals surface area contributed by atoms with Gasteiger partial charge in [-0.05, 0) is 49.4 Å². The van der Waals surface area contributed by atoms with Crippen LogP contribution in [-0.2, 0) is 0 Å². The lowest BCUT2D eigenvalue weighted by molar-refractivity contribution is 0.0937. The summed E-state index contributed by atoms with van der Waals surface area (Å²) in [5, 5.41) is 32.5. The molecule has 10 nitrogen and oxygen atoms in total. The maximum Gasteiger partial charge on any atom is 0.271 e. The van der Waals surface area contributed by atoms with E-state index in [4.69, 9.17) is 5.26 Å². The molecule has 0 unspecified atom stereocenters. The topological polar surface area (TPSA) is 137 Å². The minimum atomic E-state index is -0.210. The Morgan fingerprint density at radius 2 is 2.07 bits per heavy atom. The highest BCUT2D eigenvalue weighted by Gasteiger charge is 2.11. The molecule has 1 amide bonds. The molecule has 0 atom stereocenters.